The molecule has 4 rings (SSSR count). The highest BCUT2D eigenvalue weighted by Crippen LogP contribution is 2.55. The van der Waals surface area contributed by atoms with Crippen LogP contribution in [0, 0.1) is 17.8 Å². The number of carbonyl (C=O) groups excluding carboxylic acids is 1. The molecule has 5 heteroatoms. The molecule has 21 heavy (non-hydrogen) atoms. The van der Waals surface area contributed by atoms with Crippen molar-refractivity contribution >= 4 is 23.2 Å². The van der Waals surface area contributed by atoms with Gasteiger partial charge in [0.25, 0.3) is 0 Å². The van der Waals surface area contributed by atoms with Crippen LogP contribution in [0.2, 0.25) is 0 Å². The van der Waals surface area contributed by atoms with Gasteiger partial charge in [-0.05, 0) is 62.7 Å². The third-order valence-electron chi connectivity index (χ3n) is 5.54. The Morgan fingerprint density at radius 1 is 1.24 bits per heavy atom. The summed E-state index contributed by atoms with van der Waals surface area (Å²) in [6.07, 6.45) is 8.63. The highest BCUT2D eigenvalue weighted by Gasteiger charge is 2.51. The number of thiocarbonyl (C=S) groups is 1. The lowest BCUT2D eigenvalue weighted by Gasteiger charge is -2.57. The molecule has 2 amide bonds. The number of nitrogens with zero attached hydrogens (tertiary/aromatic N) is 1. The summed E-state index contributed by atoms with van der Waals surface area (Å²) >= 11 is 4.98. The van der Waals surface area contributed by atoms with Gasteiger partial charge in [0.15, 0.2) is 0 Å². The second kappa shape index (κ2) is 5.75. The summed E-state index contributed by atoms with van der Waals surface area (Å²) in [5, 5.41) is 3.39. The molecule has 4 aliphatic rings. The highest BCUT2D eigenvalue weighted by atomic mass is 32.1. The van der Waals surface area contributed by atoms with Crippen molar-refractivity contribution in [3.63, 3.8) is 0 Å². The van der Waals surface area contributed by atoms with Crippen molar-refractivity contribution in [3.8, 4) is 0 Å². The van der Waals surface area contributed by atoms with E-state index in [1.54, 1.807) is 4.90 Å². The van der Waals surface area contributed by atoms with Gasteiger partial charge in [0, 0.05) is 12.1 Å². The molecule has 0 aromatic carbocycles. The van der Waals surface area contributed by atoms with Crippen molar-refractivity contribution in [2.24, 2.45) is 23.5 Å². The van der Waals surface area contributed by atoms with Gasteiger partial charge >= 0.3 is 6.03 Å². The zero-order chi connectivity index (χ0) is 15.0. The topological polar surface area (TPSA) is 58.4 Å². The maximum absolute atomic E-state index is 12.7. The van der Waals surface area contributed by atoms with Crippen LogP contribution in [0.1, 0.15) is 51.9 Å². The van der Waals surface area contributed by atoms with Crippen molar-refractivity contribution in [1.29, 1.82) is 0 Å². The Morgan fingerprint density at radius 3 is 2.19 bits per heavy atom. The molecule has 0 unspecified atom stereocenters. The number of rotatable bonds is 5. The fourth-order valence-electron chi connectivity index (χ4n) is 5.28. The molecular weight excluding hydrogens is 282 g/mol. The van der Waals surface area contributed by atoms with Gasteiger partial charge in [-0.1, -0.05) is 19.1 Å². The lowest BCUT2D eigenvalue weighted by atomic mass is 9.53. The van der Waals surface area contributed by atoms with Crippen LogP contribution in [0.25, 0.3) is 0 Å². The fourth-order valence-corrected chi connectivity index (χ4v) is 5.44. The number of carbonyl (C=O) groups is 1. The molecule has 4 saturated carbocycles. The third-order valence-corrected chi connectivity index (χ3v) is 5.67. The quantitative estimate of drug-likeness (QED) is 0.768. The minimum absolute atomic E-state index is 0.0339. The van der Waals surface area contributed by atoms with E-state index in [-0.39, 0.29) is 11.6 Å². The largest absolute Gasteiger partial charge is 0.392 e. The molecule has 0 radical (unpaired) electrons. The molecule has 4 fully saturated rings. The molecule has 118 valence electrons. The van der Waals surface area contributed by atoms with Gasteiger partial charge < -0.3 is 16.0 Å². The van der Waals surface area contributed by atoms with Crippen LogP contribution in [-0.4, -0.2) is 34.5 Å². The molecule has 0 saturated heterocycles. The van der Waals surface area contributed by atoms with Crippen molar-refractivity contribution < 1.29 is 4.79 Å². The van der Waals surface area contributed by atoms with Crippen LogP contribution in [0.5, 0.6) is 0 Å². The number of nitrogens with one attached hydrogen (secondary N) is 1. The van der Waals surface area contributed by atoms with Gasteiger partial charge in [0.2, 0.25) is 0 Å². The number of nitrogens with two attached hydrogens (primary N) is 1. The summed E-state index contributed by atoms with van der Waals surface area (Å²) in [7, 11) is 0. The van der Waals surface area contributed by atoms with Gasteiger partial charge in [-0.15, -0.1) is 0 Å². The normalized spacial score (nSPS) is 36.5. The fraction of sp³-hybridized carbons (Fsp3) is 0.875. The molecule has 0 spiro atoms. The Bertz CT molecular complexity index is 402. The smallest absolute Gasteiger partial charge is 0.318 e. The molecule has 3 N–H and O–H groups in total. The maximum atomic E-state index is 12.7. The zero-order valence-electron chi connectivity index (χ0n) is 12.9. The number of urea groups is 1. The van der Waals surface area contributed by atoms with Crippen LogP contribution in [0.4, 0.5) is 4.79 Å². The summed E-state index contributed by atoms with van der Waals surface area (Å²) < 4.78 is 0. The summed E-state index contributed by atoms with van der Waals surface area (Å²) in [6.45, 7) is 3.18. The number of hydrogen-bond acceptors (Lipinski definition) is 2. The SMILES string of the molecule is CCCN(CC(N)=S)C(=O)NC12CC3CC(CC(C3)C1)C2. The van der Waals surface area contributed by atoms with E-state index in [2.05, 4.69) is 12.2 Å². The predicted octanol–water partition coefficient (Wildman–Crippen LogP) is 2.66. The molecule has 4 aliphatic carbocycles. The van der Waals surface area contributed by atoms with Crippen molar-refractivity contribution in [2.45, 2.75) is 57.4 Å². The minimum atomic E-state index is 0.0339. The van der Waals surface area contributed by atoms with E-state index in [0.717, 1.165) is 30.7 Å². The van der Waals surface area contributed by atoms with E-state index >= 15 is 0 Å². The second-order valence-corrected chi connectivity index (χ2v) is 8.04. The van der Waals surface area contributed by atoms with E-state index in [4.69, 9.17) is 18.0 Å². The van der Waals surface area contributed by atoms with E-state index in [9.17, 15) is 4.79 Å². The van der Waals surface area contributed by atoms with Crippen molar-refractivity contribution in [1.82, 2.24) is 10.2 Å². The van der Waals surface area contributed by atoms with Gasteiger partial charge in [-0.3, -0.25) is 0 Å². The Hall–Kier alpha value is -0.840. The van der Waals surface area contributed by atoms with E-state index in [1.807, 2.05) is 0 Å². The molecule has 4 bridgehead atoms. The predicted molar refractivity (Wildman–Crippen MR) is 88.1 cm³/mol. The molecule has 0 heterocycles. The first-order valence-corrected chi connectivity index (χ1v) is 8.76. The number of amides is 2. The number of hydrogen-bond donors (Lipinski definition) is 2. The minimum Gasteiger partial charge on any atom is -0.392 e. The molecular formula is C16H27N3OS. The summed E-state index contributed by atoms with van der Waals surface area (Å²) in [4.78, 5) is 14.8. The third kappa shape index (κ3) is 3.17. The zero-order valence-corrected chi connectivity index (χ0v) is 13.8. The standard InChI is InChI=1S/C16H27N3OS/c1-2-3-19(10-14(17)21)15(20)18-16-7-11-4-12(8-16)6-13(5-11)9-16/h11-13H,2-10H2,1H3,(H2,17,21)(H,18,20). The highest BCUT2D eigenvalue weighted by molar-refractivity contribution is 7.80. The van der Waals surface area contributed by atoms with Gasteiger partial charge in [-0.2, -0.15) is 0 Å². The van der Waals surface area contributed by atoms with Gasteiger partial charge in [0.05, 0.1) is 11.5 Å². The maximum Gasteiger partial charge on any atom is 0.318 e. The monoisotopic (exact) mass is 309 g/mol. The van der Waals surface area contributed by atoms with Crippen LogP contribution in [0.15, 0.2) is 0 Å². The average molecular weight is 309 g/mol. The molecule has 4 nitrogen and oxygen atoms in total. The van der Waals surface area contributed by atoms with E-state index in [1.165, 1.54) is 38.5 Å². The Morgan fingerprint density at radius 2 is 1.76 bits per heavy atom. The van der Waals surface area contributed by atoms with E-state index in [0.29, 0.717) is 11.5 Å². The molecule has 0 aromatic rings. The lowest BCUT2D eigenvalue weighted by Crippen LogP contribution is -2.62. The van der Waals surface area contributed by atoms with E-state index < -0.39 is 0 Å². The summed E-state index contributed by atoms with van der Waals surface area (Å²) in [5.41, 5.74) is 5.70. The molecule has 0 aromatic heterocycles. The summed E-state index contributed by atoms with van der Waals surface area (Å²) in [6, 6.07) is 0.0339. The molecule has 0 atom stereocenters. The Labute approximate surface area is 132 Å². The van der Waals surface area contributed by atoms with Crippen LogP contribution >= 0.6 is 12.2 Å². The lowest BCUT2D eigenvalue weighted by molar-refractivity contribution is -0.0154. The van der Waals surface area contributed by atoms with Crippen molar-refractivity contribution in [2.75, 3.05) is 13.1 Å². The first-order chi connectivity index (χ1) is 9.99. The second-order valence-electron chi connectivity index (χ2n) is 7.52. The summed E-state index contributed by atoms with van der Waals surface area (Å²) in [5.74, 6) is 2.52. The Kier molecular flexibility index (Phi) is 4.12. The van der Waals surface area contributed by atoms with Crippen LogP contribution in [0.3, 0.4) is 0 Å². The first-order valence-electron chi connectivity index (χ1n) is 8.35. The molecule has 0 aliphatic heterocycles. The van der Waals surface area contributed by atoms with Gasteiger partial charge in [0.1, 0.15) is 0 Å². The van der Waals surface area contributed by atoms with Crippen LogP contribution < -0.4 is 11.1 Å². The van der Waals surface area contributed by atoms with Crippen LogP contribution in [-0.2, 0) is 0 Å². The Balaban J connectivity index is 1.67. The van der Waals surface area contributed by atoms with Crippen molar-refractivity contribution in [3.05, 3.63) is 0 Å². The first kappa shape index (κ1) is 15.1. The van der Waals surface area contributed by atoms with Gasteiger partial charge in [-0.25, -0.2) is 4.79 Å². The average Bonchev–Trinajstić information content (AvgIpc) is 2.35.